The highest BCUT2D eigenvalue weighted by atomic mass is 16.5. The molecular formula is C23H28N2O4. The zero-order chi connectivity index (χ0) is 20.6. The lowest BCUT2D eigenvalue weighted by atomic mass is 9.86. The number of fused-ring (bicyclic) bond motifs is 1. The van der Waals surface area contributed by atoms with Crippen LogP contribution >= 0.6 is 0 Å². The standard InChI is InChI=1S/C23H28N2O4/c1-16-7-2-5-12-20(16)25-22(27)15-29-23(28)14-24-21(26)13-18-10-6-9-17-8-3-4-11-19(17)18/h3-4,6,8-11,16,20H,2,5,7,12-15H2,1H3,(H,24,26)(H,25,27)/t16-,20-/m0/s1. The van der Waals surface area contributed by atoms with Gasteiger partial charge in [-0.1, -0.05) is 62.2 Å². The molecule has 0 aliphatic heterocycles. The molecule has 2 N–H and O–H groups in total. The topological polar surface area (TPSA) is 84.5 Å². The number of carbonyl (C=O) groups excluding carboxylic acids is 3. The zero-order valence-corrected chi connectivity index (χ0v) is 16.8. The molecule has 2 aromatic carbocycles. The van der Waals surface area contributed by atoms with Gasteiger partial charge in [-0.05, 0) is 35.1 Å². The molecule has 0 bridgehead atoms. The first-order valence-electron chi connectivity index (χ1n) is 10.2. The molecule has 1 fully saturated rings. The summed E-state index contributed by atoms with van der Waals surface area (Å²) in [4.78, 5) is 36.0. The molecule has 0 radical (unpaired) electrons. The van der Waals surface area contributed by atoms with Crippen molar-refractivity contribution in [3.05, 3.63) is 48.0 Å². The molecule has 1 saturated carbocycles. The average Bonchev–Trinajstić information content (AvgIpc) is 2.73. The van der Waals surface area contributed by atoms with Crippen LogP contribution in [-0.4, -0.2) is 37.0 Å². The van der Waals surface area contributed by atoms with Crippen molar-refractivity contribution in [2.24, 2.45) is 5.92 Å². The zero-order valence-electron chi connectivity index (χ0n) is 16.8. The maximum absolute atomic E-state index is 12.2. The van der Waals surface area contributed by atoms with Crippen LogP contribution in [0, 0.1) is 5.92 Å². The summed E-state index contributed by atoms with van der Waals surface area (Å²) in [6.07, 6.45) is 4.55. The molecule has 6 nitrogen and oxygen atoms in total. The van der Waals surface area contributed by atoms with Gasteiger partial charge in [0.15, 0.2) is 6.61 Å². The number of nitrogens with one attached hydrogen (secondary N) is 2. The van der Waals surface area contributed by atoms with Crippen LogP contribution in [0.2, 0.25) is 0 Å². The predicted octanol–water partition coefficient (Wildman–Crippen LogP) is 2.74. The lowest BCUT2D eigenvalue weighted by molar-refractivity contribution is -0.148. The summed E-state index contributed by atoms with van der Waals surface area (Å²) >= 11 is 0. The van der Waals surface area contributed by atoms with Gasteiger partial charge in [-0.25, -0.2) is 0 Å². The molecule has 6 heteroatoms. The summed E-state index contributed by atoms with van der Waals surface area (Å²) in [6.45, 7) is 1.56. The fourth-order valence-corrected chi connectivity index (χ4v) is 3.83. The number of amides is 2. The third-order valence-corrected chi connectivity index (χ3v) is 5.48. The fraction of sp³-hybridized carbons (Fsp3) is 0.435. The van der Waals surface area contributed by atoms with E-state index in [2.05, 4.69) is 17.6 Å². The Bertz CT molecular complexity index is 875. The van der Waals surface area contributed by atoms with Gasteiger partial charge in [0.1, 0.15) is 6.54 Å². The molecule has 2 aromatic rings. The van der Waals surface area contributed by atoms with Gasteiger partial charge in [0.05, 0.1) is 6.42 Å². The van der Waals surface area contributed by atoms with Crippen molar-refractivity contribution in [1.82, 2.24) is 10.6 Å². The van der Waals surface area contributed by atoms with Gasteiger partial charge in [0.25, 0.3) is 5.91 Å². The van der Waals surface area contributed by atoms with Crippen LogP contribution in [0.5, 0.6) is 0 Å². The van der Waals surface area contributed by atoms with Crippen LogP contribution in [0.4, 0.5) is 0 Å². The molecule has 0 unspecified atom stereocenters. The van der Waals surface area contributed by atoms with Gasteiger partial charge in [0, 0.05) is 6.04 Å². The Hall–Kier alpha value is -2.89. The van der Waals surface area contributed by atoms with E-state index in [4.69, 9.17) is 4.74 Å². The second-order valence-electron chi connectivity index (χ2n) is 7.69. The molecule has 0 saturated heterocycles. The Kier molecular flexibility index (Phi) is 7.22. The lowest BCUT2D eigenvalue weighted by Gasteiger charge is -2.29. The van der Waals surface area contributed by atoms with Crippen molar-refractivity contribution in [3.8, 4) is 0 Å². The van der Waals surface area contributed by atoms with Crippen molar-refractivity contribution in [1.29, 1.82) is 0 Å². The molecule has 0 aromatic heterocycles. The average molecular weight is 396 g/mol. The molecule has 2 amide bonds. The maximum atomic E-state index is 12.2. The van der Waals surface area contributed by atoms with E-state index in [9.17, 15) is 14.4 Å². The number of hydrogen-bond donors (Lipinski definition) is 2. The monoisotopic (exact) mass is 396 g/mol. The van der Waals surface area contributed by atoms with E-state index in [-0.39, 0.29) is 37.4 Å². The van der Waals surface area contributed by atoms with E-state index in [1.807, 2.05) is 42.5 Å². The van der Waals surface area contributed by atoms with Gasteiger partial charge in [0.2, 0.25) is 5.91 Å². The molecule has 0 spiro atoms. The molecule has 1 aliphatic rings. The van der Waals surface area contributed by atoms with E-state index in [1.165, 1.54) is 6.42 Å². The van der Waals surface area contributed by atoms with E-state index in [0.29, 0.717) is 5.92 Å². The van der Waals surface area contributed by atoms with E-state index in [1.54, 1.807) is 0 Å². The van der Waals surface area contributed by atoms with Crippen LogP contribution in [-0.2, 0) is 25.5 Å². The van der Waals surface area contributed by atoms with Gasteiger partial charge in [-0.15, -0.1) is 0 Å². The number of benzene rings is 2. The van der Waals surface area contributed by atoms with E-state index < -0.39 is 5.97 Å². The van der Waals surface area contributed by atoms with Crippen molar-refractivity contribution < 1.29 is 19.1 Å². The molecule has 154 valence electrons. The third kappa shape index (κ3) is 6.04. The third-order valence-electron chi connectivity index (χ3n) is 5.48. The minimum atomic E-state index is -0.622. The van der Waals surface area contributed by atoms with Gasteiger partial charge < -0.3 is 15.4 Å². The Morgan fingerprint density at radius 3 is 2.59 bits per heavy atom. The molecule has 29 heavy (non-hydrogen) atoms. The minimum Gasteiger partial charge on any atom is -0.454 e. The molecule has 2 atom stereocenters. The largest absolute Gasteiger partial charge is 0.454 e. The van der Waals surface area contributed by atoms with Crippen molar-refractivity contribution in [2.45, 2.75) is 45.1 Å². The first-order chi connectivity index (χ1) is 14.0. The number of rotatable bonds is 7. The maximum Gasteiger partial charge on any atom is 0.325 e. The van der Waals surface area contributed by atoms with Gasteiger partial charge in [-0.2, -0.15) is 0 Å². The number of carbonyl (C=O) groups is 3. The molecule has 1 aliphatic carbocycles. The summed E-state index contributed by atoms with van der Waals surface area (Å²) in [5, 5.41) is 7.58. The normalized spacial score (nSPS) is 18.8. The van der Waals surface area contributed by atoms with E-state index >= 15 is 0 Å². The Morgan fingerprint density at radius 1 is 1.00 bits per heavy atom. The van der Waals surface area contributed by atoms with E-state index in [0.717, 1.165) is 35.6 Å². The lowest BCUT2D eigenvalue weighted by Crippen LogP contribution is -2.43. The van der Waals surface area contributed by atoms with Crippen LogP contribution < -0.4 is 10.6 Å². The summed E-state index contributed by atoms with van der Waals surface area (Å²) < 4.78 is 4.99. The van der Waals surface area contributed by atoms with Crippen LogP contribution in [0.1, 0.15) is 38.2 Å². The van der Waals surface area contributed by atoms with Gasteiger partial charge in [-0.3, -0.25) is 14.4 Å². The Balaban J connectivity index is 1.39. The quantitative estimate of drug-likeness (QED) is 0.705. The highest BCUT2D eigenvalue weighted by molar-refractivity contribution is 5.91. The Morgan fingerprint density at radius 2 is 1.76 bits per heavy atom. The Labute approximate surface area is 171 Å². The van der Waals surface area contributed by atoms with Crippen molar-refractivity contribution in [2.75, 3.05) is 13.2 Å². The number of ether oxygens (including phenoxy) is 1. The number of esters is 1. The van der Waals surface area contributed by atoms with Crippen molar-refractivity contribution >= 4 is 28.6 Å². The van der Waals surface area contributed by atoms with Gasteiger partial charge >= 0.3 is 5.97 Å². The molecule has 3 rings (SSSR count). The fourth-order valence-electron chi connectivity index (χ4n) is 3.83. The van der Waals surface area contributed by atoms with Crippen molar-refractivity contribution in [3.63, 3.8) is 0 Å². The number of hydrogen-bond acceptors (Lipinski definition) is 4. The minimum absolute atomic E-state index is 0.148. The molecular weight excluding hydrogens is 368 g/mol. The highest BCUT2D eigenvalue weighted by Crippen LogP contribution is 2.23. The molecule has 0 heterocycles. The summed E-state index contributed by atoms with van der Waals surface area (Å²) in [5.74, 6) is -0.738. The van der Waals surface area contributed by atoms with Crippen LogP contribution in [0.3, 0.4) is 0 Å². The second-order valence-corrected chi connectivity index (χ2v) is 7.69. The smallest absolute Gasteiger partial charge is 0.325 e. The highest BCUT2D eigenvalue weighted by Gasteiger charge is 2.23. The predicted molar refractivity (Wildman–Crippen MR) is 111 cm³/mol. The second kappa shape index (κ2) is 10.0. The first-order valence-corrected chi connectivity index (χ1v) is 10.2. The summed E-state index contributed by atoms with van der Waals surface area (Å²) in [5.41, 5.74) is 0.898. The van der Waals surface area contributed by atoms with Crippen LogP contribution in [0.15, 0.2) is 42.5 Å². The first kappa shape index (κ1) is 20.8. The summed E-state index contributed by atoms with van der Waals surface area (Å²) in [6, 6.07) is 13.8. The summed E-state index contributed by atoms with van der Waals surface area (Å²) in [7, 11) is 0. The van der Waals surface area contributed by atoms with Crippen LogP contribution in [0.25, 0.3) is 10.8 Å². The SMILES string of the molecule is C[C@H]1CCCC[C@@H]1NC(=O)COC(=O)CNC(=O)Cc1cccc2ccccc12.